The Bertz CT molecular complexity index is 528. The molecule has 0 amide bonds. The summed E-state index contributed by atoms with van der Waals surface area (Å²) < 4.78 is 0. The second-order valence-electron chi connectivity index (χ2n) is 3.77. The van der Waals surface area contributed by atoms with Crippen LogP contribution in [0.15, 0.2) is 30.6 Å². The molecule has 0 saturated heterocycles. The molecule has 2 aromatic rings. The molecule has 0 aliphatic carbocycles. The fourth-order valence-corrected chi connectivity index (χ4v) is 1.66. The summed E-state index contributed by atoms with van der Waals surface area (Å²) in [6.07, 6.45) is 1.39. The lowest BCUT2D eigenvalue weighted by Crippen LogP contribution is -2.05. The summed E-state index contributed by atoms with van der Waals surface area (Å²) in [5, 5.41) is 3.41. The first kappa shape index (κ1) is 11.7. The first-order valence-corrected chi connectivity index (χ1v) is 5.60. The lowest BCUT2D eigenvalue weighted by molar-refractivity contribution is 1.08. The maximum Gasteiger partial charge on any atom is 0.157 e. The molecule has 1 heterocycles. The van der Waals surface area contributed by atoms with Crippen LogP contribution in [0.1, 0.15) is 11.1 Å². The number of nitrogens with one attached hydrogen (secondary N) is 1. The van der Waals surface area contributed by atoms with Crippen molar-refractivity contribution in [3.63, 3.8) is 0 Å². The van der Waals surface area contributed by atoms with Gasteiger partial charge in [0.15, 0.2) is 11.0 Å². The number of aryl methyl sites for hydroxylation is 1. The molecule has 3 N–H and O–H groups in total. The van der Waals surface area contributed by atoms with E-state index in [1.165, 1.54) is 17.5 Å². The van der Waals surface area contributed by atoms with Crippen molar-refractivity contribution in [2.45, 2.75) is 13.5 Å². The summed E-state index contributed by atoms with van der Waals surface area (Å²) in [5.74, 6) is 0.562. The van der Waals surface area contributed by atoms with Gasteiger partial charge in [-0.3, -0.25) is 0 Å². The topological polar surface area (TPSA) is 63.8 Å². The van der Waals surface area contributed by atoms with E-state index >= 15 is 0 Å². The molecule has 0 saturated carbocycles. The second-order valence-corrected chi connectivity index (χ2v) is 4.13. The first-order valence-electron chi connectivity index (χ1n) is 5.22. The van der Waals surface area contributed by atoms with E-state index in [0.717, 1.165) is 0 Å². The fraction of sp³-hybridized carbons (Fsp3) is 0.167. The number of benzene rings is 1. The number of hydrogen-bond acceptors (Lipinski definition) is 4. The first-order chi connectivity index (χ1) is 8.16. The van der Waals surface area contributed by atoms with Crippen molar-refractivity contribution in [3.05, 3.63) is 46.9 Å². The van der Waals surface area contributed by atoms with E-state index in [1.54, 1.807) is 0 Å². The Hall–Kier alpha value is -1.81. The summed E-state index contributed by atoms with van der Waals surface area (Å²) in [6, 6.07) is 8.22. The van der Waals surface area contributed by atoms with Crippen LogP contribution in [0.25, 0.3) is 0 Å². The molecule has 1 aromatic carbocycles. The molecule has 2 rings (SSSR count). The van der Waals surface area contributed by atoms with E-state index in [2.05, 4.69) is 34.3 Å². The number of nitrogen functional groups attached to an aromatic ring is 1. The molecule has 1 aromatic heterocycles. The summed E-state index contributed by atoms with van der Waals surface area (Å²) >= 11 is 5.80. The van der Waals surface area contributed by atoms with Crippen molar-refractivity contribution in [1.29, 1.82) is 0 Å². The largest absolute Gasteiger partial charge is 0.393 e. The van der Waals surface area contributed by atoms with Gasteiger partial charge in [-0.2, -0.15) is 0 Å². The molecule has 0 unspecified atom stereocenters. The number of hydrogen-bond donors (Lipinski definition) is 2. The third-order valence-corrected chi connectivity index (χ3v) is 2.68. The van der Waals surface area contributed by atoms with Crippen molar-refractivity contribution in [2.24, 2.45) is 0 Å². The molecule has 17 heavy (non-hydrogen) atoms. The fourth-order valence-electron chi connectivity index (χ4n) is 1.52. The van der Waals surface area contributed by atoms with Gasteiger partial charge < -0.3 is 11.1 Å². The molecule has 0 radical (unpaired) electrons. The maximum absolute atomic E-state index is 5.80. The highest BCUT2D eigenvalue weighted by molar-refractivity contribution is 6.32. The molecule has 0 spiro atoms. The predicted octanol–water partition coefficient (Wildman–Crippen LogP) is 2.63. The van der Waals surface area contributed by atoms with Gasteiger partial charge in [0.25, 0.3) is 0 Å². The summed E-state index contributed by atoms with van der Waals surface area (Å²) in [6.45, 7) is 2.71. The number of anilines is 2. The highest BCUT2D eigenvalue weighted by Crippen LogP contribution is 2.22. The third-order valence-electron chi connectivity index (χ3n) is 2.38. The van der Waals surface area contributed by atoms with Crippen LogP contribution in [0.2, 0.25) is 5.15 Å². The van der Waals surface area contributed by atoms with Crippen LogP contribution in [-0.4, -0.2) is 9.97 Å². The average Bonchev–Trinajstić information content (AvgIpc) is 2.31. The molecular weight excluding hydrogens is 236 g/mol. The minimum atomic E-state index is 0.270. The van der Waals surface area contributed by atoms with E-state index in [-0.39, 0.29) is 5.15 Å². The molecule has 4 nitrogen and oxygen atoms in total. The van der Waals surface area contributed by atoms with Gasteiger partial charge in [0, 0.05) is 6.54 Å². The minimum Gasteiger partial charge on any atom is -0.393 e. The molecule has 0 bridgehead atoms. The van der Waals surface area contributed by atoms with Crippen LogP contribution < -0.4 is 11.1 Å². The lowest BCUT2D eigenvalue weighted by atomic mass is 10.1. The van der Waals surface area contributed by atoms with E-state index in [4.69, 9.17) is 17.3 Å². The highest BCUT2D eigenvalue weighted by Gasteiger charge is 2.05. The Balaban J connectivity index is 2.10. The standard InChI is InChI=1S/C12H13ClN4/c1-8-3-2-4-9(5-8)6-15-12-10(14)11(13)16-7-17-12/h2-5,7H,6,14H2,1H3,(H,15,16,17). The summed E-state index contributed by atoms with van der Waals surface area (Å²) in [4.78, 5) is 7.84. The number of nitrogens with zero attached hydrogens (tertiary/aromatic N) is 2. The maximum atomic E-state index is 5.80. The van der Waals surface area contributed by atoms with Crippen LogP contribution in [0.3, 0.4) is 0 Å². The van der Waals surface area contributed by atoms with Crippen LogP contribution in [0.5, 0.6) is 0 Å². The van der Waals surface area contributed by atoms with Gasteiger partial charge in [-0.05, 0) is 12.5 Å². The van der Waals surface area contributed by atoms with E-state index in [1.807, 2.05) is 12.1 Å². The van der Waals surface area contributed by atoms with Crippen molar-refractivity contribution >= 4 is 23.1 Å². The number of rotatable bonds is 3. The van der Waals surface area contributed by atoms with Crippen LogP contribution in [0.4, 0.5) is 11.5 Å². The molecule has 88 valence electrons. The van der Waals surface area contributed by atoms with Gasteiger partial charge in [0.05, 0.1) is 0 Å². The Kier molecular flexibility index (Phi) is 3.44. The third kappa shape index (κ3) is 2.85. The van der Waals surface area contributed by atoms with Crippen molar-refractivity contribution in [3.8, 4) is 0 Å². The zero-order valence-corrected chi connectivity index (χ0v) is 10.2. The van der Waals surface area contributed by atoms with Gasteiger partial charge in [0.2, 0.25) is 0 Å². The monoisotopic (exact) mass is 248 g/mol. The zero-order valence-electron chi connectivity index (χ0n) is 9.44. The number of aromatic nitrogens is 2. The molecule has 0 atom stereocenters. The van der Waals surface area contributed by atoms with Crippen LogP contribution in [-0.2, 0) is 6.54 Å². The Labute approximate surface area is 105 Å². The highest BCUT2D eigenvalue weighted by atomic mass is 35.5. The Morgan fingerprint density at radius 1 is 1.35 bits per heavy atom. The number of nitrogens with two attached hydrogens (primary N) is 1. The number of halogens is 1. The van der Waals surface area contributed by atoms with E-state index in [0.29, 0.717) is 18.1 Å². The van der Waals surface area contributed by atoms with Gasteiger partial charge in [-0.25, -0.2) is 9.97 Å². The molecule has 0 fully saturated rings. The van der Waals surface area contributed by atoms with Gasteiger partial charge in [0.1, 0.15) is 12.0 Å². The summed E-state index contributed by atoms with van der Waals surface area (Å²) in [5.41, 5.74) is 8.52. The smallest absolute Gasteiger partial charge is 0.157 e. The Morgan fingerprint density at radius 2 is 2.18 bits per heavy atom. The van der Waals surface area contributed by atoms with Gasteiger partial charge in [-0.15, -0.1) is 0 Å². The minimum absolute atomic E-state index is 0.270. The van der Waals surface area contributed by atoms with Crippen molar-refractivity contribution in [2.75, 3.05) is 11.1 Å². The van der Waals surface area contributed by atoms with Crippen molar-refractivity contribution < 1.29 is 0 Å². The van der Waals surface area contributed by atoms with E-state index < -0.39 is 0 Å². The molecule has 0 aliphatic rings. The average molecular weight is 249 g/mol. The van der Waals surface area contributed by atoms with Crippen LogP contribution >= 0.6 is 11.6 Å². The SMILES string of the molecule is Cc1cccc(CNc2ncnc(Cl)c2N)c1. The lowest BCUT2D eigenvalue weighted by Gasteiger charge is -2.08. The van der Waals surface area contributed by atoms with Crippen molar-refractivity contribution in [1.82, 2.24) is 9.97 Å². The summed E-state index contributed by atoms with van der Waals surface area (Å²) in [7, 11) is 0. The van der Waals surface area contributed by atoms with Gasteiger partial charge >= 0.3 is 0 Å². The predicted molar refractivity (Wildman–Crippen MR) is 70.0 cm³/mol. The molecule has 0 aliphatic heterocycles. The molecule has 5 heteroatoms. The molecular formula is C12H13ClN4. The van der Waals surface area contributed by atoms with Crippen LogP contribution in [0, 0.1) is 6.92 Å². The second kappa shape index (κ2) is 5.01. The normalized spacial score (nSPS) is 10.2. The zero-order chi connectivity index (χ0) is 12.3. The van der Waals surface area contributed by atoms with E-state index in [9.17, 15) is 0 Å². The Morgan fingerprint density at radius 3 is 2.94 bits per heavy atom. The quantitative estimate of drug-likeness (QED) is 0.820. The van der Waals surface area contributed by atoms with Gasteiger partial charge in [-0.1, -0.05) is 41.4 Å².